The summed E-state index contributed by atoms with van der Waals surface area (Å²) in [5.41, 5.74) is -0.974. The van der Waals surface area contributed by atoms with Gasteiger partial charge >= 0.3 is 12.4 Å². The van der Waals surface area contributed by atoms with Gasteiger partial charge in [0.1, 0.15) is 0 Å². The summed E-state index contributed by atoms with van der Waals surface area (Å²) >= 11 is 0. The Balaban J connectivity index is 2.40. The highest BCUT2D eigenvalue weighted by Crippen LogP contribution is 2.36. The molecule has 0 aliphatic heterocycles. The van der Waals surface area contributed by atoms with E-state index in [9.17, 15) is 31.4 Å². The molecule has 0 aliphatic rings. The van der Waals surface area contributed by atoms with Crippen molar-refractivity contribution in [3.05, 3.63) is 41.1 Å². The number of fused-ring (bicyclic) bond motifs is 1. The van der Waals surface area contributed by atoms with E-state index in [4.69, 9.17) is 0 Å². The van der Waals surface area contributed by atoms with Crippen LogP contribution in [-0.4, -0.2) is 29.4 Å². The zero-order chi connectivity index (χ0) is 18.1. The molecule has 0 saturated heterocycles. The fourth-order valence-corrected chi connectivity index (χ4v) is 2.37. The standard InChI is InChI=1S/C15H14F6N2O/c1-8-5-10(12(24)6-22-7-14(16,17)18)9-3-2-4-11(13(9)23-8)15(19,20)21/h2-5,12,22,24H,6-7H2,1H3. The maximum atomic E-state index is 13.1. The summed E-state index contributed by atoms with van der Waals surface area (Å²) in [5, 5.41) is 12.2. The van der Waals surface area contributed by atoms with E-state index in [1.807, 2.05) is 5.32 Å². The summed E-state index contributed by atoms with van der Waals surface area (Å²) in [7, 11) is 0. The van der Waals surface area contributed by atoms with Crippen molar-refractivity contribution in [2.45, 2.75) is 25.4 Å². The van der Waals surface area contributed by atoms with Crippen LogP contribution >= 0.6 is 0 Å². The molecule has 2 N–H and O–H groups in total. The lowest BCUT2D eigenvalue weighted by atomic mass is 10.00. The first kappa shape index (κ1) is 18.5. The lowest BCUT2D eigenvalue weighted by Gasteiger charge is -2.18. The third-order valence-electron chi connectivity index (χ3n) is 3.33. The molecule has 1 aromatic carbocycles. The number of pyridine rings is 1. The number of para-hydroxylation sites is 1. The van der Waals surface area contributed by atoms with Gasteiger partial charge in [0.05, 0.1) is 23.7 Å². The average molecular weight is 352 g/mol. The van der Waals surface area contributed by atoms with E-state index in [0.29, 0.717) is 0 Å². The van der Waals surface area contributed by atoms with Crippen LogP contribution in [0.25, 0.3) is 10.9 Å². The van der Waals surface area contributed by atoms with Gasteiger partial charge in [0, 0.05) is 17.6 Å². The van der Waals surface area contributed by atoms with Gasteiger partial charge in [-0.3, -0.25) is 4.98 Å². The number of aromatic nitrogens is 1. The molecule has 2 rings (SSSR count). The van der Waals surface area contributed by atoms with Gasteiger partial charge in [-0.2, -0.15) is 26.3 Å². The lowest BCUT2D eigenvalue weighted by Crippen LogP contribution is -2.32. The van der Waals surface area contributed by atoms with Gasteiger partial charge in [-0.25, -0.2) is 0 Å². The van der Waals surface area contributed by atoms with Crippen LogP contribution in [0.4, 0.5) is 26.3 Å². The number of hydrogen-bond donors (Lipinski definition) is 2. The Bertz CT molecular complexity index is 726. The number of aryl methyl sites for hydroxylation is 1. The molecule has 9 heteroatoms. The number of alkyl halides is 6. The molecule has 1 unspecified atom stereocenters. The van der Waals surface area contributed by atoms with E-state index in [1.54, 1.807) is 0 Å². The number of hydrogen-bond acceptors (Lipinski definition) is 3. The van der Waals surface area contributed by atoms with Gasteiger partial charge in [-0.05, 0) is 24.6 Å². The topological polar surface area (TPSA) is 45.1 Å². The first-order valence-corrected chi connectivity index (χ1v) is 6.92. The number of benzene rings is 1. The van der Waals surface area contributed by atoms with Gasteiger partial charge < -0.3 is 10.4 Å². The molecule has 0 aliphatic carbocycles. The predicted octanol–water partition coefficient (Wildman–Crippen LogP) is 3.75. The molecule has 24 heavy (non-hydrogen) atoms. The summed E-state index contributed by atoms with van der Waals surface area (Å²) in [4.78, 5) is 3.87. The smallest absolute Gasteiger partial charge is 0.387 e. The molecule has 3 nitrogen and oxygen atoms in total. The summed E-state index contributed by atoms with van der Waals surface area (Å²) in [6, 6.07) is 4.75. The number of aliphatic hydroxyl groups is 1. The van der Waals surface area contributed by atoms with Crippen LogP contribution < -0.4 is 5.32 Å². The van der Waals surface area contributed by atoms with Crippen LogP contribution in [0.5, 0.6) is 0 Å². The number of nitrogens with zero attached hydrogens (tertiary/aromatic N) is 1. The first-order chi connectivity index (χ1) is 11.0. The zero-order valence-corrected chi connectivity index (χ0v) is 12.5. The summed E-state index contributed by atoms with van der Waals surface area (Å²) in [5.74, 6) is 0. The minimum atomic E-state index is -4.63. The normalized spacial score (nSPS) is 14.2. The van der Waals surface area contributed by atoms with Crippen LogP contribution in [0.1, 0.15) is 22.9 Å². The second kappa shape index (κ2) is 6.56. The molecular weight excluding hydrogens is 338 g/mol. The molecule has 0 spiro atoms. The van der Waals surface area contributed by atoms with Crippen LogP contribution in [0.3, 0.4) is 0 Å². The minimum Gasteiger partial charge on any atom is -0.387 e. The molecule has 0 amide bonds. The van der Waals surface area contributed by atoms with Crippen molar-refractivity contribution < 1.29 is 31.4 Å². The minimum absolute atomic E-state index is 0.0525. The molecule has 1 atom stereocenters. The largest absolute Gasteiger partial charge is 0.418 e. The lowest BCUT2D eigenvalue weighted by molar-refractivity contribution is -0.136. The predicted molar refractivity (Wildman–Crippen MR) is 75.4 cm³/mol. The quantitative estimate of drug-likeness (QED) is 0.824. The maximum Gasteiger partial charge on any atom is 0.418 e. The fraction of sp³-hybridized carbons (Fsp3) is 0.400. The molecule has 1 aromatic heterocycles. The second-order valence-electron chi connectivity index (χ2n) is 5.31. The van der Waals surface area contributed by atoms with Gasteiger partial charge in [0.15, 0.2) is 0 Å². The van der Waals surface area contributed by atoms with E-state index in [1.165, 1.54) is 25.1 Å². The summed E-state index contributed by atoms with van der Waals surface area (Å²) in [6.45, 7) is -0.305. The van der Waals surface area contributed by atoms with Crippen molar-refractivity contribution in [1.29, 1.82) is 0 Å². The number of nitrogens with one attached hydrogen (secondary N) is 1. The van der Waals surface area contributed by atoms with Crippen molar-refractivity contribution in [2.75, 3.05) is 13.1 Å². The van der Waals surface area contributed by atoms with E-state index in [-0.39, 0.29) is 22.2 Å². The Labute approximate surface area is 133 Å². The van der Waals surface area contributed by atoms with Crippen LogP contribution in [0.15, 0.2) is 24.3 Å². The van der Waals surface area contributed by atoms with Crippen molar-refractivity contribution in [3.8, 4) is 0 Å². The summed E-state index contributed by atoms with van der Waals surface area (Å²) < 4.78 is 75.6. The maximum absolute atomic E-state index is 13.1. The Kier molecular flexibility index (Phi) is 5.05. The molecule has 0 bridgehead atoms. The second-order valence-corrected chi connectivity index (χ2v) is 5.31. The molecule has 0 saturated carbocycles. The highest BCUT2D eigenvalue weighted by molar-refractivity contribution is 5.86. The van der Waals surface area contributed by atoms with Crippen molar-refractivity contribution in [3.63, 3.8) is 0 Å². The third-order valence-corrected chi connectivity index (χ3v) is 3.33. The SMILES string of the molecule is Cc1cc(C(O)CNCC(F)(F)F)c2cccc(C(F)(F)F)c2n1. The Morgan fingerprint density at radius 2 is 1.83 bits per heavy atom. The first-order valence-electron chi connectivity index (χ1n) is 6.92. The van der Waals surface area contributed by atoms with Crippen molar-refractivity contribution in [2.24, 2.45) is 0 Å². The van der Waals surface area contributed by atoms with Crippen LogP contribution in [0.2, 0.25) is 0 Å². The van der Waals surface area contributed by atoms with E-state index < -0.39 is 37.1 Å². The average Bonchev–Trinajstić information content (AvgIpc) is 2.43. The van der Waals surface area contributed by atoms with Crippen molar-refractivity contribution in [1.82, 2.24) is 10.3 Å². The monoisotopic (exact) mass is 352 g/mol. The number of rotatable bonds is 4. The number of halogens is 6. The van der Waals surface area contributed by atoms with E-state index >= 15 is 0 Å². The number of aliphatic hydroxyl groups excluding tert-OH is 1. The summed E-state index contributed by atoms with van der Waals surface area (Å²) in [6.07, 6.45) is -10.5. The van der Waals surface area contributed by atoms with Gasteiger partial charge in [-0.15, -0.1) is 0 Å². The molecule has 0 radical (unpaired) electrons. The molecule has 1 heterocycles. The highest BCUT2D eigenvalue weighted by atomic mass is 19.4. The third kappa shape index (κ3) is 4.35. The van der Waals surface area contributed by atoms with Crippen LogP contribution in [-0.2, 0) is 6.18 Å². The van der Waals surface area contributed by atoms with E-state index in [0.717, 1.165) is 6.07 Å². The molecule has 0 fully saturated rings. The Hall–Kier alpha value is -1.87. The highest BCUT2D eigenvalue weighted by Gasteiger charge is 2.34. The zero-order valence-electron chi connectivity index (χ0n) is 12.5. The van der Waals surface area contributed by atoms with Crippen LogP contribution in [0, 0.1) is 6.92 Å². The van der Waals surface area contributed by atoms with Crippen molar-refractivity contribution >= 4 is 10.9 Å². The Morgan fingerprint density at radius 3 is 2.42 bits per heavy atom. The van der Waals surface area contributed by atoms with Gasteiger partial charge in [-0.1, -0.05) is 12.1 Å². The fourth-order valence-electron chi connectivity index (χ4n) is 2.37. The van der Waals surface area contributed by atoms with Gasteiger partial charge in [0.2, 0.25) is 0 Å². The molecule has 2 aromatic rings. The Morgan fingerprint density at radius 1 is 1.17 bits per heavy atom. The van der Waals surface area contributed by atoms with E-state index in [2.05, 4.69) is 4.98 Å². The molecular formula is C15H14F6N2O. The van der Waals surface area contributed by atoms with Gasteiger partial charge in [0.25, 0.3) is 0 Å². The molecule has 132 valence electrons.